The number of thiocarbonyl (C=S) groups is 1. The molecule has 0 aromatic carbocycles. The SMILES string of the molecule is CCOC(=O)C1CCCN1c1nccc(C(N)=S)n1. The van der Waals surface area contributed by atoms with E-state index in [9.17, 15) is 4.79 Å². The van der Waals surface area contributed by atoms with E-state index < -0.39 is 0 Å². The van der Waals surface area contributed by atoms with Gasteiger partial charge in [-0.25, -0.2) is 14.8 Å². The van der Waals surface area contributed by atoms with E-state index in [1.54, 1.807) is 19.2 Å². The van der Waals surface area contributed by atoms with Gasteiger partial charge in [0.1, 0.15) is 16.7 Å². The lowest BCUT2D eigenvalue weighted by Gasteiger charge is -2.23. The molecule has 0 aliphatic carbocycles. The number of rotatable bonds is 4. The van der Waals surface area contributed by atoms with E-state index in [0.29, 0.717) is 18.2 Å². The van der Waals surface area contributed by atoms with Crippen molar-refractivity contribution in [3.05, 3.63) is 18.0 Å². The Labute approximate surface area is 117 Å². The fourth-order valence-electron chi connectivity index (χ4n) is 2.11. The van der Waals surface area contributed by atoms with Crippen LogP contribution in [-0.4, -0.2) is 40.1 Å². The van der Waals surface area contributed by atoms with Gasteiger partial charge in [0.15, 0.2) is 0 Å². The lowest BCUT2D eigenvalue weighted by Crippen LogP contribution is -2.38. The lowest BCUT2D eigenvalue weighted by atomic mass is 10.2. The number of nitrogens with two attached hydrogens (primary N) is 1. The summed E-state index contributed by atoms with van der Waals surface area (Å²) in [7, 11) is 0. The molecular formula is C12H16N4O2S. The topological polar surface area (TPSA) is 81.3 Å². The van der Waals surface area contributed by atoms with Crippen LogP contribution >= 0.6 is 12.2 Å². The van der Waals surface area contributed by atoms with Gasteiger partial charge in [0.2, 0.25) is 5.95 Å². The molecule has 1 aliphatic heterocycles. The summed E-state index contributed by atoms with van der Waals surface area (Å²) in [4.78, 5) is 22.4. The summed E-state index contributed by atoms with van der Waals surface area (Å²) in [6.45, 7) is 2.89. The second-order valence-corrected chi connectivity index (χ2v) is 4.65. The van der Waals surface area contributed by atoms with Crippen molar-refractivity contribution in [2.24, 2.45) is 5.73 Å². The van der Waals surface area contributed by atoms with Crippen molar-refractivity contribution in [1.29, 1.82) is 0 Å². The predicted octanol–water partition coefficient (Wildman–Crippen LogP) is 0.643. The third-order valence-electron chi connectivity index (χ3n) is 2.96. The number of aromatic nitrogens is 2. The minimum atomic E-state index is -0.318. The number of carbonyl (C=O) groups is 1. The number of esters is 1. The van der Waals surface area contributed by atoms with Gasteiger partial charge in [-0.3, -0.25) is 0 Å². The third kappa shape index (κ3) is 2.98. The standard InChI is InChI=1S/C12H16N4O2S/c1-2-18-11(17)9-4-3-7-16(9)12-14-6-5-8(15-12)10(13)19/h5-6,9H,2-4,7H2,1H3,(H2,13,19). The maximum Gasteiger partial charge on any atom is 0.328 e. The lowest BCUT2D eigenvalue weighted by molar-refractivity contribution is -0.144. The van der Waals surface area contributed by atoms with E-state index >= 15 is 0 Å². The molecule has 2 N–H and O–H groups in total. The summed E-state index contributed by atoms with van der Waals surface area (Å²) >= 11 is 4.90. The molecule has 0 radical (unpaired) electrons. The smallest absolute Gasteiger partial charge is 0.328 e. The number of hydrogen-bond acceptors (Lipinski definition) is 6. The molecule has 1 atom stereocenters. The molecule has 0 bridgehead atoms. The van der Waals surface area contributed by atoms with Gasteiger partial charge in [-0.2, -0.15) is 0 Å². The highest BCUT2D eigenvalue weighted by Gasteiger charge is 2.33. The van der Waals surface area contributed by atoms with Gasteiger partial charge in [0.25, 0.3) is 0 Å². The maximum absolute atomic E-state index is 11.9. The molecule has 2 rings (SSSR count). The zero-order valence-electron chi connectivity index (χ0n) is 10.7. The van der Waals surface area contributed by atoms with Crippen LogP contribution in [0.5, 0.6) is 0 Å². The van der Waals surface area contributed by atoms with Crippen LogP contribution in [0, 0.1) is 0 Å². The molecule has 102 valence electrons. The molecule has 1 fully saturated rings. The van der Waals surface area contributed by atoms with Crippen LogP contribution in [0.2, 0.25) is 0 Å². The van der Waals surface area contributed by atoms with Gasteiger partial charge in [-0.15, -0.1) is 0 Å². The molecule has 6 nitrogen and oxygen atoms in total. The first-order chi connectivity index (χ1) is 9.13. The highest BCUT2D eigenvalue weighted by molar-refractivity contribution is 7.80. The summed E-state index contributed by atoms with van der Waals surface area (Å²) in [6.07, 6.45) is 3.25. The predicted molar refractivity (Wildman–Crippen MR) is 74.9 cm³/mol. The highest BCUT2D eigenvalue weighted by atomic mass is 32.1. The molecule has 7 heteroatoms. The Balaban J connectivity index is 2.22. The Kier molecular flexibility index (Phi) is 4.26. The summed E-state index contributed by atoms with van der Waals surface area (Å²) in [5.74, 6) is 0.241. The number of anilines is 1. The zero-order valence-corrected chi connectivity index (χ0v) is 11.5. The molecule has 2 heterocycles. The van der Waals surface area contributed by atoms with Crippen molar-refractivity contribution in [1.82, 2.24) is 9.97 Å². The van der Waals surface area contributed by atoms with Crippen LogP contribution in [0.25, 0.3) is 0 Å². The average Bonchev–Trinajstić information content (AvgIpc) is 2.88. The number of nitrogens with zero attached hydrogens (tertiary/aromatic N) is 3. The number of ether oxygens (including phenoxy) is 1. The molecular weight excluding hydrogens is 264 g/mol. The summed E-state index contributed by atoms with van der Waals surface area (Å²) in [5, 5.41) is 0. The second-order valence-electron chi connectivity index (χ2n) is 4.21. The Morgan fingerprint density at radius 3 is 3.16 bits per heavy atom. The van der Waals surface area contributed by atoms with Crippen LogP contribution < -0.4 is 10.6 Å². The van der Waals surface area contributed by atoms with Gasteiger partial charge < -0.3 is 15.4 Å². The van der Waals surface area contributed by atoms with Gasteiger partial charge in [0.05, 0.1) is 6.61 Å². The normalized spacial score (nSPS) is 18.4. The zero-order chi connectivity index (χ0) is 13.8. The first-order valence-corrected chi connectivity index (χ1v) is 6.60. The molecule has 1 aromatic heterocycles. The molecule has 1 unspecified atom stereocenters. The minimum absolute atomic E-state index is 0.218. The van der Waals surface area contributed by atoms with E-state index in [2.05, 4.69) is 9.97 Å². The first-order valence-electron chi connectivity index (χ1n) is 6.19. The summed E-state index contributed by atoms with van der Waals surface area (Å²) < 4.78 is 5.07. The fraction of sp³-hybridized carbons (Fsp3) is 0.500. The van der Waals surface area contributed by atoms with E-state index in [4.69, 9.17) is 22.7 Å². The van der Waals surface area contributed by atoms with Gasteiger partial charge >= 0.3 is 5.97 Å². The Hall–Kier alpha value is -1.76. The van der Waals surface area contributed by atoms with Crippen molar-refractivity contribution in [3.63, 3.8) is 0 Å². The van der Waals surface area contributed by atoms with Gasteiger partial charge in [-0.1, -0.05) is 12.2 Å². The van der Waals surface area contributed by atoms with Crippen molar-refractivity contribution in [2.75, 3.05) is 18.1 Å². The molecule has 1 saturated heterocycles. The van der Waals surface area contributed by atoms with Gasteiger partial charge in [-0.05, 0) is 25.8 Å². The molecule has 0 spiro atoms. The minimum Gasteiger partial charge on any atom is -0.464 e. The first kappa shape index (κ1) is 13.7. The fourth-order valence-corrected chi connectivity index (χ4v) is 2.23. The highest BCUT2D eigenvalue weighted by Crippen LogP contribution is 2.23. The molecule has 19 heavy (non-hydrogen) atoms. The molecule has 1 aliphatic rings. The molecule has 0 amide bonds. The van der Waals surface area contributed by atoms with E-state index in [-0.39, 0.29) is 17.0 Å². The summed E-state index contributed by atoms with van der Waals surface area (Å²) in [5.41, 5.74) is 6.06. The quantitative estimate of drug-likeness (QED) is 0.640. The average molecular weight is 280 g/mol. The van der Waals surface area contributed by atoms with Crippen molar-refractivity contribution in [3.8, 4) is 0 Å². The van der Waals surface area contributed by atoms with Gasteiger partial charge in [0, 0.05) is 12.7 Å². The Bertz CT molecular complexity index is 494. The van der Waals surface area contributed by atoms with Crippen LogP contribution in [0.4, 0.5) is 5.95 Å². The van der Waals surface area contributed by atoms with Crippen molar-refractivity contribution in [2.45, 2.75) is 25.8 Å². The third-order valence-corrected chi connectivity index (χ3v) is 3.17. The molecule has 0 saturated carbocycles. The number of carbonyl (C=O) groups excluding carboxylic acids is 1. The maximum atomic E-state index is 11.9. The Morgan fingerprint density at radius 2 is 2.47 bits per heavy atom. The van der Waals surface area contributed by atoms with Crippen molar-refractivity contribution < 1.29 is 9.53 Å². The van der Waals surface area contributed by atoms with Crippen LogP contribution in [0.3, 0.4) is 0 Å². The van der Waals surface area contributed by atoms with Crippen LogP contribution in [0.1, 0.15) is 25.5 Å². The Morgan fingerprint density at radius 1 is 1.68 bits per heavy atom. The monoisotopic (exact) mass is 280 g/mol. The number of hydrogen-bond donors (Lipinski definition) is 1. The van der Waals surface area contributed by atoms with E-state index in [1.165, 1.54) is 0 Å². The van der Waals surface area contributed by atoms with Crippen molar-refractivity contribution >= 4 is 29.1 Å². The van der Waals surface area contributed by atoms with Crippen LogP contribution in [-0.2, 0) is 9.53 Å². The summed E-state index contributed by atoms with van der Waals surface area (Å²) in [6, 6.07) is 1.34. The van der Waals surface area contributed by atoms with Crippen LogP contribution in [0.15, 0.2) is 12.3 Å². The van der Waals surface area contributed by atoms with E-state index in [1.807, 2.05) is 4.90 Å². The molecule has 1 aromatic rings. The van der Waals surface area contributed by atoms with E-state index in [0.717, 1.165) is 19.4 Å². The second kappa shape index (κ2) is 5.92. The largest absolute Gasteiger partial charge is 0.464 e.